The van der Waals surface area contributed by atoms with Crippen LogP contribution in [0.4, 0.5) is 0 Å². The van der Waals surface area contributed by atoms with Crippen LogP contribution in [0.2, 0.25) is 0 Å². The summed E-state index contributed by atoms with van der Waals surface area (Å²) in [6, 6.07) is 3.83. The van der Waals surface area contributed by atoms with Crippen molar-refractivity contribution >= 4 is 17.3 Å². The lowest BCUT2D eigenvalue weighted by Gasteiger charge is -1.98. The normalized spacial score (nSPS) is 10.1. The molecule has 2 aromatic heterocycles. The zero-order chi connectivity index (χ0) is 11.5. The van der Waals surface area contributed by atoms with E-state index < -0.39 is 0 Å². The second-order valence-electron chi connectivity index (χ2n) is 3.19. The maximum absolute atomic E-state index is 11.3. The molecular formula is C11H10N2O2S. The van der Waals surface area contributed by atoms with Crippen LogP contribution in [0, 0.1) is 6.92 Å². The van der Waals surface area contributed by atoms with Crippen molar-refractivity contribution in [3.05, 3.63) is 35.0 Å². The molecule has 0 fully saturated rings. The first kappa shape index (κ1) is 10.8. The molecule has 4 nitrogen and oxygen atoms in total. The summed E-state index contributed by atoms with van der Waals surface area (Å²) >= 11 is 1.28. The van der Waals surface area contributed by atoms with Gasteiger partial charge in [0.05, 0.1) is 13.3 Å². The summed E-state index contributed by atoms with van der Waals surface area (Å²) in [4.78, 5) is 20.2. The molecule has 0 spiro atoms. The van der Waals surface area contributed by atoms with Crippen LogP contribution in [0.5, 0.6) is 0 Å². The lowest BCUT2D eigenvalue weighted by Crippen LogP contribution is -1.96. The fourth-order valence-electron chi connectivity index (χ4n) is 1.29. The number of hydrogen-bond acceptors (Lipinski definition) is 5. The SMILES string of the molecule is COC(=O)c1cnc(-c2ncccc2C)s1. The van der Waals surface area contributed by atoms with Crippen LogP contribution in [-0.2, 0) is 4.74 Å². The van der Waals surface area contributed by atoms with Gasteiger partial charge in [-0.3, -0.25) is 4.98 Å². The Balaban J connectivity index is 2.39. The van der Waals surface area contributed by atoms with E-state index >= 15 is 0 Å². The van der Waals surface area contributed by atoms with Crippen molar-refractivity contribution in [3.63, 3.8) is 0 Å². The number of thiazole rings is 1. The topological polar surface area (TPSA) is 52.1 Å². The molecule has 0 unspecified atom stereocenters. The lowest BCUT2D eigenvalue weighted by molar-refractivity contribution is 0.0606. The smallest absolute Gasteiger partial charge is 0.349 e. The molecule has 0 aliphatic carbocycles. The quantitative estimate of drug-likeness (QED) is 0.748. The highest BCUT2D eigenvalue weighted by Gasteiger charge is 2.13. The average molecular weight is 234 g/mol. The molecule has 0 radical (unpaired) electrons. The number of nitrogens with zero attached hydrogens (tertiary/aromatic N) is 2. The maximum Gasteiger partial charge on any atom is 0.349 e. The molecule has 2 rings (SSSR count). The van der Waals surface area contributed by atoms with Crippen LogP contribution in [-0.4, -0.2) is 23.0 Å². The summed E-state index contributed by atoms with van der Waals surface area (Å²) in [6.45, 7) is 1.96. The van der Waals surface area contributed by atoms with E-state index in [0.717, 1.165) is 16.3 Å². The van der Waals surface area contributed by atoms with E-state index in [1.165, 1.54) is 24.6 Å². The van der Waals surface area contributed by atoms with Gasteiger partial charge in [-0.15, -0.1) is 11.3 Å². The van der Waals surface area contributed by atoms with Crippen LogP contribution in [0.1, 0.15) is 15.2 Å². The zero-order valence-corrected chi connectivity index (χ0v) is 9.75. The van der Waals surface area contributed by atoms with Gasteiger partial charge in [0.15, 0.2) is 0 Å². The Morgan fingerprint density at radius 1 is 1.44 bits per heavy atom. The fraction of sp³-hybridized carbons (Fsp3) is 0.182. The van der Waals surface area contributed by atoms with E-state index in [9.17, 15) is 4.79 Å². The Hall–Kier alpha value is -1.75. The minimum absolute atomic E-state index is 0.364. The number of esters is 1. The molecule has 82 valence electrons. The summed E-state index contributed by atoms with van der Waals surface area (Å²) < 4.78 is 4.63. The highest BCUT2D eigenvalue weighted by atomic mass is 32.1. The standard InChI is InChI=1S/C11H10N2O2S/c1-7-4-3-5-12-9(7)10-13-6-8(16-10)11(14)15-2/h3-6H,1-2H3. The van der Waals surface area contributed by atoms with Crippen LogP contribution >= 0.6 is 11.3 Å². The van der Waals surface area contributed by atoms with E-state index in [1.807, 2.05) is 19.1 Å². The van der Waals surface area contributed by atoms with Crippen molar-refractivity contribution in [3.8, 4) is 10.7 Å². The van der Waals surface area contributed by atoms with Crippen molar-refractivity contribution < 1.29 is 9.53 Å². The van der Waals surface area contributed by atoms with E-state index in [4.69, 9.17) is 0 Å². The van der Waals surface area contributed by atoms with Crippen molar-refractivity contribution in [1.29, 1.82) is 0 Å². The Bertz CT molecular complexity index is 522. The Labute approximate surface area is 96.9 Å². The third-order valence-electron chi connectivity index (χ3n) is 2.10. The first-order valence-corrected chi connectivity index (χ1v) is 5.50. The molecule has 0 N–H and O–H groups in total. The number of pyridine rings is 1. The van der Waals surface area contributed by atoms with Gasteiger partial charge in [-0.2, -0.15) is 0 Å². The van der Waals surface area contributed by atoms with E-state index in [0.29, 0.717) is 4.88 Å². The Morgan fingerprint density at radius 3 is 2.94 bits per heavy atom. The summed E-state index contributed by atoms with van der Waals surface area (Å²) in [7, 11) is 1.35. The van der Waals surface area contributed by atoms with E-state index in [2.05, 4.69) is 14.7 Å². The van der Waals surface area contributed by atoms with Gasteiger partial charge < -0.3 is 4.74 Å². The minimum atomic E-state index is -0.364. The molecule has 0 bridgehead atoms. The summed E-state index contributed by atoms with van der Waals surface area (Å²) in [5.74, 6) is -0.364. The zero-order valence-electron chi connectivity index (χ0n) is 8.93. The van der Waals surface area contributed by atoms with Crippen LogP contribution < -0.4 is 0 Å². The molecule has 5 heteroatoms. The van der Waals surface area contributed by atoms with Crippen LogP contribution in [0.25, 0.3) is 10.7 Å². The van der Waals surface area contributed by atoms with Crippen LogP contribution in [0.3, 0.4) is 0 Å². The van der Waals surface area contributed by atoms with Crippen molar-refractivity contribution in [2.45, 2.75) is 6.92 Å². The van der Waals surface area contributed by atoms with E-state index in [-0.39, 0.29) is 5.97 Å². The molecule has 2 heterocycles. The minimum Gasteiger partial charge on any atom is -0.465 e. The average Bonchev–Trinajstić information content (AvgIpc) is 2.78. The predicted octanol–water partition coefficient (Wildman–Crippen LogP) is 2.30. The van der Waals surface area contributed by atoms with Crippen molar-refractivity contribution in [2.75, 3.05) is 7.11 Å². The van der Waals surface area contributed by atoms with Gasteiger partial charge in [0.25, 0.3) is 0 Å². The molecule has 0 saturated carbocycles. The monoisotopic (exact) mass is 234 g/mol. The highest BCUT2D eigenvalue weighted by Crippen LogP contribution is 2.25. The summed E-state index contributed by atoms with van der Waals surface area (Å²) in [5, 5.41) is 0.735. The first-order chi connectivity index (χ1) is 7.72. The number of methoxy groups -OCH3 is 1. The Morgan fingerprint density at radius 2 is 2.25 bits per heavy atom. The summed E-state index contributed by atoms with van der Waals surface area (Å²) in [5.41, 5.74) is 1.84. The number of aryl methyl sites for hydroxylation is 1. The Kier molecular flexibility index (Phi) is 2.96. The van der Waals surface area contributed by atoms with Crippen molar-refractivity contribution in [1.82, 2.24) is 9.97 Å². The molecule has 0 aromatic carbocycles. The highest BCUT2D eigenvalue weighted by molar-refractivity contribution is 7.16. The van der Waals surface area contributed by atoms with E-state index in [1.54, 1.807) is 6.20 Å². The molecule has 16 heavy (non-hydrogen) atoms. The second kappa shape index (κ2) is 4.40. The predicted molar refractivity (Wildman–Crippen MR) is 61.4 cm³/mol. The number of hydrogen-bond donors (Lipinski definition) is 0. The van der Waals surface area contributed by atoms with Crippen molar-refractivity contribution in [2.24, 2.45) is 0 Å². The molecule has 0 atom stereocenters. The molecule has 0 aliphatic heterocycles. The van der Waals surface area contributed by atoms with Gasteiger partial charge in [-0.25, -0.2) is 9.78 Å². The third-order valence-corrected chi connectivity index (χ3v) is 3.09. The fourth-order valence-corrected chi connectivity index (χ4v) is 2.18. The number of carbonyl (C=O) groups excluding carboxylic acids is 1. The molecule has 0 aliphatic rings. The van der Waals surface area contributed by atoms with Gasteiger partial charge in [0.1, 0.15) is 15.6 Å². The molecule has 0 amide bonds. The van der Waals surface area contributed by atoms with Gasteiger partial charge in [-0.05, 0) is 18.6 Å². The number of rotatable bonds is 2. The molecule has 0 saturated heterocycles. The van der Waals surface area contributed by atoms with Gasteiger partial charge in [-0.1, -0.05) is 6.07 Å². The number of carbonyl (C=O) groups is 1. The maximum atomic E-state index is 11.3. The van der Waals surface area contributed by atoms with Crippen LogP contribution in [0.15, 0.2) is 24.5 Å². The van der Waals surface area contributed by atoms with Gasteiger partial charge >= 0.3 is 5.97 Å². The first-order valence-electron chi connectivity index (χ1n) is 4.68. The number of aromatic nitrogens is 2. The summed E-state index contributed by atoms with van der Waals surface area (Å²) in [6.07, 6.45) is 3.22. The molecule has 2 aromatic rings. The third kappa shape index (κ3) is 1.94. The lowest BCUT2D eigenvalue weighted by atomic mass is 10.2. The number of ether oxygens (including phenoxy) is 1. The second-order valence-corrected chi connectivity index (χ2v) is 4.22. The molecular weight excluding hydrogens is 224 g/mol. The van der Waals surface area contributed by atoms with Gasteiger partial charge in [0, 0.05) is 6.20 Å². The van der Waals surface area contributed by atoms with Gasteiger partial charge in [0.2, 0.25) is 0 Å². The largest absolute Gasteiger partial charge is 0.465 e.